The van der Waals surface area contributed by atoms with Crippen molar-refractivity contribution < 1.29 is 9.53 Å². The van der Waals surface area contributed by atoms with E-state index in [1.807, 2.05) is 30.0 Å². The van der Waals surface area contributed by atoms with Crippen LogP contribution < -0.4 is 10.1 Å². The molecule has 1 atom stereocenters. The van der Waals surface area contributed by atoms with Gasteiger partial charge in [0.05, 0.1) is 13.2 Å². The molecule has 2 N–H and O–H groups in total. The quantitative estimate of drug-likeness (QED) is 0.395. The highest BCUT2D eigenvalue weighted by molar-refractivity contribution is 5.92. The first-order valence-corrected chi connectivity index (χ1v) is 11.3. The van der Waals surface area contributed by atoms with Crippen LogP contribution in [0.15, 0.2) is 60.7 Å². The van der Waals surface area contributed by atoms with Crippen LogP contribution >= 0.6 is 0 Å². The molecule has 3 aromatic carbocycles. The molecule has 1 aromatic heterocycles. The lowest BCUT2D eigenvalue weighted by molar-refractivity contribution is 0.193. The fraction of sp³-hybridized carbons (Fsp3) is 0.250. The number of rotatable bonds is 3. The van der Waals surface area contributed by atoms with Crippen molar-refractivity contribution in [3.63, 3.8) is 0 Å². The van der Waals surface area contributed by atoms with Crippen LogP contribution in [0, 0.1) is 20.8 Å². The number of aromatic nitrogens is 1. The van der Waals surface area contributed by atoms with Gasteiger partial charge in [-0.2, -0.15) is 0 Å². The Morgan fingerprint density at radius 1 is 1.06 bits per heavy atom. The number of ether oxygens (including phenoxy) is 1. The molecular formula is C28H29N3O2. The van der Waals surface area contributed by atoms with Crippen LogP contribution in [-0.2, 0) is 6.42 Å². The molecule has 0 radical (unpaired) electrons. The molecule has 5 heteroatoms. The Kier molecular flexibility index (Phi) is 5.33. The fourth-order valence-electron chi connectivity index (χ4n) is 4.78. The Labute approximate surface area is 194 Å². The lowest BCUT2D eigenvalue weighted by Gasteiger charge is -2.36. The number of carbonyl (C=O) groups is 1. The Morgan fingerprint density at radius 2 is 1.85 bits per heavy atom. The standard InChI is InChI=1S/C28H29N3O2/c1-17-8-10-20(11-9-17)27-26-22(23-16-21(33-4)12-13-25(23)29-26)14-15-31(27)28(32)30-24-7-5-6-18(2)19(24)3/h5-13,16,27,29H,14-15H2,1-4H3,(H,30,32)/t27-/m1/s1. The minimum atomic E-state index is -0.196. The number of hydrogen-bond acceptors (Lipinski definition) is 2. The average molecular weight is 440 g/mol. The van der Waals surface area contributed by atoms with Crippen molar-refractivity contribution in [1.82, 2.24) is 9.88 Å². The summed E-state index contributed by atoms with van der Waals surface area (Å²) in [5.41, 5.74) is 8.79. The van der Waals surface area contributed by atoms with Crippen LogP contribution in [0.1, 0.15) is 39.6 Å². The summed E-state index contributed by atoms with van der Waals surface area (Å²) in [6, 6.07) is 20.3. The molecule has 5 rings (SSSR count). The van der Waals surface area contributed by atoms with Crippen molar-refractivity contribution in [3.05, 3.63) is 94.2 Å². The van der Waals surface area contributed by atoms with Crippen LogP contribution in [0.3, 0.4) is 0 Å². The molecule has 33 heavy (non-hydrogen) atoms. The molecule has 1 aliphatic heterocycles. The summed E-state index contributed by atoms with van der Waals surface area (Å²) in [7, 11) is 1.69. The number of nitrogens with one attached hydrogen (secondary N) is 2. The molecule has 0 fully saturated rings. The van der Waals surface area contributed by atoms with Crippen molar-refractivity contribution in [1.29, 1.82) is 0 Å². The van der Waals surface area contributed by atoms with Crippen molar-refractivity contribution in [3.8, 4) is 5.75 Å². The van der Waals surface area contributed by atoms with Crippen LogP contribution in [0.2, 0.25) is 0 Å². The molecule has 0 saturated carbocycles. The number of H-pyrrole nitrogens is 1. The van der Waals surface area contributed by atoms with E-state index in [1.165, 1.54) is 11.1 Å². The zero-order chi connectivity index (χ0) is 23.1. The van der Waals surface area contributed by atoms with E-state index >= 15 is 0 Å². The number of nitrogens with zero attached hydrogens (tertiary/aromatic N) is 1. The minimum Gasteiger partial charge on any atom is -0.497 e. The molecule has 0 bridgehead atoms. The van der Waals surface area contributed by atoms with E-state index in [9.17, 15) is 4.79 Å². The topological polar surface area (TPSA) is 57.4 Å². The van der Waals surface area contributed by atoms with Crippen molar-refractivity contribution in [2.24, 2.45) is 0 Å². The van der Waals surface area contributed by atoms with E-state index in [0.717, 1.165) is 51.1 Å². The van der Waals surface area contributed by atoms with E-state index in [4.69, 9.17) is 4.74 Å². The molecule has 0 spiro atoms. The highest BCUT2D eigenvalue weighted by Gasteiger charge is 2.34. The molecule has 4 aromatic rings. The summed E-state index contributed by atoms with van der Waals surface area (Å²) < 4.78 is 5.47. The fourth-order valence-corrected chi connectivity index (χ4v) is 4.78. The predicted octanol–water partition coefficient (Wildman–Crippen LogP) is 6.28. The van der Waals surface area contributed by atoms with Gasteiger partial charge in [-0.15, -0.1) is 0 Å². The van der Waals surface area contributed by atoms with Gasteiger partial charge in [-0.3, -0.25) is 0 Å². The van der Waals surface area contributed by atoms with E-state index in [2.05, 4.69) is 66.6 Å². The van der Waals surface area contributed by atoms with Gasteiger partial charge >= 0.3 is 6.03 Å². The smallest absolute Gasteiger partial charge is 0.322 e. The minimum absolute atomic E-state index is 0.0869. The van der Waals surface area contributed by atoms with E-state index in [1.54, 1.807) is 7.11 Å². The zero-order valence-corrected chi connectivity index (χ0v) is 19.5. The maximum Gasteiger partial charge on any atom is 0.322 e. The third-order valence-electron chi connectivity index (χ3n) is 6.83. The van der Waals surface area contributed by atoms with E-state index in [-0.39, 0.29) is 12.1 Å². The summed E-state index contributed by atoms with van der Waals surface area (Å²) in [6.45, 7) is 6.82. The molecule has 0 saturated heterocycles. The Balaban J connectivity index is 1.59. The van der Waals surface area contributed by atoms with Crippen LogP contribution in [0.5, 0.6) is 5.75 Å². The maximum atomic E-state index is 13.6. The SMILES string of the molecule is COc1ccc2[nH]c3c(c2c1)CCN(C(=O)Nc1cccc(C)c1C)[C@@H]3c1ccc(C)cc1. The largest absolute Gasteiger partial charge is 0.497 e. The molecule has 2 amide bonds. The molecule has 168 valence electrons. The lowest BCUT2D eigenvalue weighted by Crippen LogP contribution is -2.43. The molecule has 2 heterocycles. The zero-order valence-electron chi connectivity index (χ0n) is 19.5. The van der Waals surface area contributed by atoms with Crippen molar-refractivity contribution >= 4 is 22.6 Å². The number of aromatic amines is 1. The van der Waals surface area contributed by atoms with Crippen LogP contribution in [0.4, 0.5) is 10.5 Å². The van der Waals surface area contributed by atoms with Crippen molar-refractivity contribution in [2.75, 3.05) is 19.0 Å². The van der Waals surface area contributed by atoms with Gasteiger partial charge in [0.1, 0.15) is 5.75 Å². The highest BCUT2D eigenvalue weighted by Crippen LogP contribution is 2.39. The van der Waals surface area contributed by atoms with Gasteiger partial charge in [0.15, 0.2) is 0 Å². The first kappa shape index (κ1) is 21.1. The van der Waals surface area contributed by atoms with Gasteiger partial charge in [0, 0.05) is 28.8 Å². The summed E-state index contributed by atoms with van der Waals surface area (Å²) >= 11 is 0. The van der Waals surface area contributed by atoms with Crippen LogP contribution in [0.25, 0.3) is 10.9 Å². The molecule has 5 nitrogen and oxygen atoms in total. The first-order valence-electron chi connectivity index (χ1n) is 11.3. The summed E-state index contributed by atoms with van der Waals surface area (Å²) in [5, 5.41) is 4.33. The number of fused-ring (bicyclic) bond motifs is 3. The number of hydrogen-bond donors (Lipinski definition) is 2. The van der Waals surface area contributed by atoms with E-state index < -0.39 is 0 Å². The Hall–Kier alpha value is -3.73. The first-order chi connectivity index (χ1) is 16.0. The number of carbonyl (C=O) groups excluding carboxylic acids is 1. The summed E-state index contributed by atoms with van der Waals surface area (Å²) in [6.07, 6.45) is 0.783. The van der Waals surface area contributed by atoms with Gasteiger partial charge in [0.25, 0.3) is 0 Å². The van der Waals surface area contributed by atoms with Crippen molar-refractivity contribution in [2.45, 2.75) is 33.2 Å². The van der Waals surface area contributed by atoms with Gasteiger partial charge in [-0.1, -0.05) is 42.0 Å². The van der Waals surface area contributed by atoms with Gasteiger partial charge in [-0.05, 0) is 73.7 Å². The Morgan fingerprint density at radius 3 is 2.61 bits per heavy atom. The molecule has 0 aliphatic carbocycles. The second-order valence-electron chi connectivity index (χ2n) is 8.86. The number of aryl methyl sites for hydroxylation is 2. The monoisotopic (exact) mass is 439 g/mol. The van der Waals surface area contributed by atoms with Gasteiger partial charge in [-0.25, -0.2) is 4.79 Å². The average Bonchev–Trinajstić information content (AvgIpc) is 3.20. The van der Waals surface area contributed by atoms with Gasteiger partial charge < -0.3 is 19.9 Å². The number of amides is 2. The number of urea groups is 1. The number of benzene rings is 3. The Bertz CT molecular complexity index is 1340. The number of methoxy groups -OCH3 is 1. The summed E-state index contributed by atoms with van der Waals surface area (Å²) in [4.78, 5) is 19.2. The third kappa shape index (κ3) is 3.74. The maximum absolute atomic E-state index is 13.6. The molecule has 0 unspecified atom stereocenters. The second kappa shape index (κ2) is 8.32. The van der Waals surface area contributed by atoms with Crippen LogP contribution in [-0.4, -0.2) is 29.6 Å². The third-order valence-corrected chi connectivity index (χ3v) is 6.83. The molecule has 1 aliphatic rings. The second-order valence-corrected chi connectivity index (χ2v) is 8.86. The van der Waals surface area contributed by atoms with E-state index in [0.29, 0.717) is 6.54 Å². The van der Waals surface area contributed by atoms with Gasteiger partial charge in [0.2, 0.25) is 0 Å². The predicted molar refractivity (Wildman–Crippen MR) is 133 cm³/mol. The molecular weight excluding hydrogens is 410 g/mol. The normalized spacial score (nSPS) is 15.4. The summed E-state index contributed by atoms with van der Waals surface area (Å²) in [5.74, 6) is 0.839. The highest BCUT2D eigenvalue weighted by atomic mass is 16.5. The number of anilines is 1. The lowest BCUT2D eigenvalue weighted by atomic mass is 9.92.